The maximum atomic E-state index is 9.31. The Morgan fingerprint density at radius 3 is 1.20 bits per heavy atom. The smallest absolute Gasteiger partial charge is 0.423 e. The van der Waals surface area contributed by atoms with Gasteiger partial charge in [0.1, 0.15) is 9.21 Å². The van der Waals surface area contributed by atoms with Gasteiger partial charge in [-0.1, -0.05) is 121 Å². The lowest BCUT2D eigenvalue weighted by Crippen LogP contribution is -2.29. The van der Waals surface area contributed by atoms with Crippen molar-refractivity contribution in [1.29, 1.82) is 0 Å². The van der Waals surface area contributed by atoms with Crippen LogP contribution in [-0.2, 0) is 0 Å². The molecule has 5 heterocycles. The lowest BCUT2D eigenvalue weighted by atomic mass is 9.80. The van der Waals surface area contributed by atoms with Crippen molar-refractivity contribution in [3.8, 4) is 22.5 Å². The Kier molecular flexibility index (Phi) is 10.5. The third-order valence-corrected chi connectivity index (χ3v) is 14.1. The molecule has 0 saturated heterocycles. The summed E-state index contributed by atoms with van der Waals surface area (Å²) in [6, 6.07) is 56.2. The summed E-state index contributed by atoms with van der Waals surface area (Å²) in [6.07, 6.45) is 0. The lowest BCUT2D eigenvalue weighted by Gasteiger charge is -2.07. The fraction of sp³-hybridized carbons (Fsp3) is 0. The van der Waals surface area contributed by atoms with Crippen LogP contribution in [0.15, 0.2) is 173 Å². The topological polar surface area (TPSA) is 66.2 Å². The van der Waals surface area contributed by atoms with Crippen molar-refractivity contribution in [2.75, 3.05) is 0 Å². The Bertz CT molecular complexity index is 3050. The van der Waals surface area contributed by atoms with Gasteiger partial charge in [0.05, 0.1) is 11.4 Å². The molecule has 11 aromatic rings. The summed E-state index contributed by atoms with van der Waals surface area (Å²) in [7, 11) is -1.41. The molecule has 0 spiro atoms. The number of rotatable bonds is 3. The molecule has 6 aromatic carbocycles. The number of thiophene rings is 3. The van der Waals surface area contributed by atoms with E-state index in [1.807, 2.05) is 71.2 Å². The second-order valence-electron chi connectivity index (χ2n) is 12.9. The van der Waals surface area contributed by atoms with Crippen molar-refractivity contribution in [3.63, 3.8) is 0 Å². The van der Waals surface area contributed by atoms with Gasteiger partial charge in [-0.15, -0.1) is 34.0 Å². The second-order valence-corrected chi connectivity index (χ2v) is 17.7. The molecule has 0 aliphatic rings. The number of fused-ring (bicyclic) bond motifs is 9. The first-order valence-electron chi connectivity index (χ1n) is 17.8. The van der Waals surface area contributed by atoms with Crippen molar-refractivity contribution in [2.24, 2.45) is 0 Å². The Morgan fingerprint density at radius 2 is 0.750 bits per heavy atom. The highest BCUT2D eigenvalue weighted by Crippen LogP contribution is 2.42. The van der Waals surface area contributed by atoms with Crippen LogP contribution in [0.1, 0.15) is 0 Å². The van der Waals surface area contributed by atoms with Gasteiger partial charge in [-0.3, -0.25) is 0 Å². The molecule has 0 fully saturated rings. The summed E-state index contributed by atoms with van der Waals surface area (Å²) in [5.74, 6) is 0. The van der Waals surface area contributed by atoms with Crippen molar-refractivity contribution in [1.82, 2.24) is 9.97 Å². The molecule has 0 bridgehead atoms. The fourth-order valence-electron chi connectivity index (χ4n) is 6.99. The summed E-state index contributed by atoms with van der Waals surface area (Å²) in [5, 5.41) is 26.1. The molecular formula is C46H29BBr2N2O2S3. The molecule has 0 unspecified atom stereocenters. The molecule has 10 heteroatoms. The van der Waals surface area contributed by atoms with E-state index in [-0.39, 0.29) is 0 Å². The first kappa shape index (κ1) is 36.8. The first-order valence-corrected chi connectivity index (χ1v) is 21.8. The van der Waals surface area contributed by atoms with Crippen molar-refractivity contribution in [2.45, 2.75) is 0 Å². The predicted molar refractivity (Wildman–Crippen MR) is 250 cm³/mol. The van der Waals surface area contributed by atoms with Gasteiger partial charge in [-0.25, -0.2) is 9.97 Å². The molecule has 4 nitrogen and oxygen atoms in total. The van der Waals surface area contributed by atoms with Gasteiger partial charge in [-0.2, -0.15) is 0 Å². The molecule has 0 atom stereocenters. The van der Waals surface area contributed by atoms with Crippen LogP contribution in [0.4, 0.5) is 0 Å². The Labute approximate surface area is 351 Å². The first-order chi connectivity index (χ1) is 27.4. The molecule has 11 rings (SSSR count). The van der Waals surface area contributed by atoms with Gasteiger partial charge >= 0.3 is 7.12 Å². The van der Waals surface area contributed by atoms with Gasteiger partial charge in [0.2, 0.25) is 0 Å². The minimum atomic E-state index is -1.41. The number of hydrogen-bond donors (Lipinski definition) is 2. The molecule has 56 heavy (non-hydrogen) atoms. The van der Waals surface area contributed by atoms with Crippen molar-refractivity contribution in [3.05, 3.63) is 173 Å². The quantitative estimate of drug-likeness (QED) is 0.137. The predicted octanol–water partition coefficient (Wildman–Crippen LogP) is 13.5. The third-order valence-electron chi connectivity index (χ3n) is 9.50. The molecular weight excluding hydrogens is 879 g/mol. The van der Waals surface area contributed by atoms with Crippen molar-refractivity contribution < 1.29 is 10.0 Å². The zero-order valence-electron chi connectivity index (χ0n) is 29.4. The molecule has 0 radical (unpaired) electrons. The highest BCUT2D eigenvalue weighted by atomic mass is 79.9. The molecule has 0 saturated carbocycles. The highest BCUT2D eigenvalue weighted by Gasteiger charge is 2.17. The number of nitrogens with zero attached hydrogens (tertiary/aromatic N) is 2. The highest BCUT2D eigenvalue weighted by molar-refractivity contribution is 9.11. The number of benzene rings is 6. The molecule has 270 valence electrons. The average molecular weight is 909 g/mol. The van der Waals surface area contributed by atoms with E-state index in [2.05, 4.69) is 146 Å². The van der Waals surface area contributed by atoms with Crippen LogP contribution in [0.5, 0.6) is 0 Å². The Balaban J connectivity index is 0.000000141. The third kappa shape index (κ3) is 7.19. The monoisotopic (exact) mass is 906 g/mol. The molecule has 2 N–H and O–H groups in total. The van der Waals surface area contributed by atoms with E-state index in [4.69, 9.17) is 4.98 Å². The molecule has 0 aliphatic carbocycles. The van der Waals surface area contributed by atoms with E-state index >= 15 is 0 Å². The van der Waals surface area contributed by atoms with Gasteiger partial charge in [-0.05, 0) is 85.2 Å². The average Bonchev–Trinajstić information content (AvgIpc) is 3.93. The van der Waals surface area contributed by atoms with Crippen LogP contribution in [0.2, 0.25) is 0 Å². The summed E-state index contributed by atoms with van der Waals surface area (Å²) in [6.45, 7) is 0. The normalized spacial score (nSPS) is 11.2. The lowest BCUT2D eigenvalue weighted by molar-refractivity contribution is 0.426. The minimum Gasteiger partial charge on any atom is -0.423 e. The van der Waals surface area contributed by atoms with Gasteiger partial charge in [0.15, 0.2) is 0 Å². The van der Waals surface area contributed by atoms with E-state index in [1.54, 1.807) is 17.4 Å². The SMILES string of the molecule is Brc1cccc(Br)n1.OB(O)c1cccc2c1sc1ccccc12.c1cc(-c2cccc3c2sc2ccccc23)nc(-c2cccc3c2sc2ccccc23)c1. The summed E-state index contributed by atoms with van der Waals surface area (Å²) < 4.78 is 9.09. The number of halogens is 2. The second kappa shape index (κ2) is 16.0. The van der Waals surface area contributed by atoms with Crippen LogP contribution >= 0.6 is 65.9 Å². The van der Waals surface area contributed by atoms with E-state index in [0.29, 0.717) is 5.46 Å². The standard InChI is InChI=1S/C29H17NS2.C12H9BO2S.C5H3Br2N/c1-3-16-26-18(8-1)20-10-5-12-22(28(20)31-26)24-14-7-15-25(30-24)23-13-6-11-21-19-9-2-4-17-27(19)32-29(21)23;14-13(15)10-6-3-5-9-8-4-1-2-7-11(8)16-12(9)10;6-4-2-1-3-5(7)8-4/h1-17H;1-7,14-15H;1-3H. The van der Waals surface area contributed by atoms with Crippen LogP contribution in [0, 0.1) is 0 Å². The van der Waals surface area contributed by atoms with Crippen LogP contribution in [-0.4, -0.2) is 27.1 Å². The Morgan fingerprint density at radius 1 is 0.375 bits per heavy atom. The number of hydrogen-bond acceptors (Lipinski definition) is 7. The largest absolute Gasteiger partial charge is 0.489 e. The van der Waals surface area contributed by atoms with E-state index < -0.39 is 7.12 Å². The van der Waals surface area contributed by atoms with Gasteiger partial charge in [0.25, 0.3) is 0 Å². The zero-order chi connectivity index (χ0) is 38.2. The zero-order valence-corrected chi connectivity index (χ0v) is 35.1. The molecule has 0 amide bonds. The van der Waals surface area contributed by atoms with Crippen LogP contribution in [0.3, 0.4) is 0 Å². The van der Waals surface area contributed by atoms with Gasteiger partial charge < -0.3 is 10.0 Å². The minimum absolute atomic E-state index is 0.582. The Hall–Kier alpha value is -4.78. The maximum Gasteiger partial charge on any atom is 0.489 e. The van der Waals surface area contributed by atoms with E-state index in [1.165, 1.54) is 61.6 Å². The number of aromatic nitrogens is 2. The fourth-order valence-corrected chi connectivity index (χ4v) is 11.6. The van der Waals surface area contributed by atoms with Crippen LogP contribution < -0.4 is 5.46 Å². The van der Waals surface area contributed by atoms with E-state index in [9.17, 15) is 10.0 Å². The van der Waals surface area contributed by atoms with Crippen LogP contribution in [0.25, 0.3) is 83.0 Å². The maximum absolute atomic E-state index is 9.31. The van der Waals surface area contributed by atoms with Crippen molar-refractivity contribution >= 4 is 139 Å². The molecule has 0 aliphatic heterocycles. The summed E-state index contributed by atoms with van der Waals surface area (Å²) >= 11 is 11.7. The van der Waals surface area contributed by atoms with E-state index in [0.717, 1.165) is 30.7 Å². The number of pyridine rings is 2. The van der Waals surface area contributed by atoms with Gasteiger partial charge in [0, 0.05) is 66.3 Å². The molecule has 5 aromatic heterocycles. The summed E-state index contributed by atoms with van der Waals surface area (Å²) in [4.78, 5) is 9.17. The summed E-state index contributed by atoms with van der Waals surface area (Å²) in [5.41, 5.74) is 5.04.